The minimum absolute atomic E-state index is 0.124. The summed E-state index contributed by atoms with van der Waals surface area (Å²) in [4.78, 5) is 21.3. The number of benzene rings is 1. The number of nitrogens with zero attached hydrogens (tertiary/aromatic N) is 1. The predicted octanol–water partition coefficient (Wildman–Crippen LogP) is 3.26. The maximum atomic E-state index is 10.8. The summed E-state index contributed by atoms with van der Waals surface area (Å²) >= 11 is 1.22. The van der Waals surface area contributed by atoms with E-state index < -0.39 is 4.92 Å². The van der Waals surface area contributed by atoms with Gasteiger partial charge in [0.15, 0.2) is 6.29 Å². The minimum Gasteiger partial charge on any atom is -0.448 e. The van der Waals surface area contributed by atoms with Crippen molar-refractivity contribution in [3.63, 3.8) is 0 Å². The topological polar surface area (TPSA) is 69.4 Å². The number of hydrogen-bond donors (Lipinski definition) is 0. The summed E-state index contributed by atoms with van der Waals surface area (Å²) in [7, 11) is 0. The van der Waals surface area contributed by atoms with Gasteiger partial charge in [-0.1, -0.05) is 12.1 Å². The van der Waals surface area contributed by atoms with Crippen molar-refractivity contribution in [3.8, 4) is 11.5 Å². The zero-order valence-corrected chi connectivity index (χ0v) is 9.35. The molecule has 0 N–H and O–H groups in total. The van der Waals surface area contributed by atoms with E-state index in [1.54, 1.807) is 23.6 Å². The van der Waals surface area contributed by atoms with Crippen molar-refractivity contribution in [1.29, 1.82) is 0 Å². The van der Waals surface area contributed by atoms with Crippen molar-refractivity contribution >= 4 is 23.3 Å². The highest BCUT2D eigenvalue weighted by molar-refractivity contribution is 7.12. The van der Waals surface area contributed by atoms with Crippen molar-refractivity contribution in [2.24, 2.45) is 0 Å². The first-order valence-corrected chi connectivity index (χ1v) is 5.54. The summed E-state index contributed by atoms with van der Waals surface area (Å²) in [5.41, 5.74) is -0.129. The van der Waals surface area contributed by atoms with Crippen molar-refractivity contribution in [3.05, 3.63) is 50.7 Å². The molecule has 0 aliphatic rings. The minimum atomic E-state index is -0.526. The van der Waals surface area contributed by atoms with Crippen LogP contribution >= 0.6 is 11.3 Å². The van der Waals surface area contributed by atoms with Gasteiger partial charge >= 0.3 is 5.69 Å². The van der Waals surface area contributed by atoms with E-state index in [1.807, 2.05) is 0 Å². The number of nitro benzene ring substituents is 1. The predicted molar refractivity (Wildman–Crippen MR) is 62.9 cm³/mol. The van der Waals surface area contributed by atoms with E-state index in [4.69, 9.17) is 4.74 Å². The number of carbonyl (C=O) groups excluding carboxylic acids is 1. The molecule has 0 bridgehead atoms. The average molecular weight is 249 g/mol. The molecule has 1 aromatic carbocycles. The van der Waals surface area contributed by atoms with Gasteiger partial charge in [0.1, 0.15) is 10.6 Å². The molecule has 17 heavy (non-hydrogen) atoms. The van der Waals surface area contributed by atoms with E-state index in [-0.39, 0.29) is 11.4 Å². The Bertz CT molecular complexity index is 564. The van der Waals surface area contributed by atoms with Crippen LogP contribution in [0.3, 0.4) is 0 Å². The molecule has 0 saturated carbocycles. The monoisotopic (exact) mass is 249 g/mol. The molecule has 0 aliphatic heterocycles. The molecule has 0 amide bonds. The summed E-state index contributed by atoms with van der Waals surface area (Å²) in [6, 6.07) is 7.63. The van der Waals surface area contributed by atoms with Gasteiger partial charge in [0, 0.05) is 6.07 Å². The van der Waals surface area contributed by atoms with Crippen LogP contribution in [-0.4, -0.2) is 11.2 Å². The van der Waals surface area contributed by atoms with Gasteiger partial charge in [-0.2, -0.15) is 0 Å². The van der Waals surface area contributed by atoms with Crippen LogP contribution < -0.4 is 4.74 Å². The van der Waals surface area contributed by atoms with Gasteiger partial charge in [-0.05, 0) is 17.5 Å². The van der Waals surface area contributed by atoms with Gasteiger partial charge in [-0.15, -0.1) is 11.3 Å². The molecular weight excluding hydrogens is 242 g/mol. The largest absolute Gasteiger partial charge is 0.448 e. The second-order valence-electron chi connectivity index (χ2n) is 3.09. The molecule has 6 heteroatoms. The third kappa shape index (κ3) is 2.31. The lowest BCUT2D eigenvalue weighted by molar-refractivity contribution is -0.385. The Hall–Kier alpha value is -2.21. The van der Waals surface area contributed by atoms with Gasteiger partial charge < -0.3 is 4.74 Å². The first-order chi connectivity index (χ1) is 8.22. The summed E-state index contributed by atoms with van der Waals surface area (Å²) in [6.45, 7) is 0. The highest BCUT2D eigenvalue weighted by Gasteiger charge is 2.16. The van der Waals surface area contributed by atoms with E-state index in [0.29, 0.717) is 16.9 Å². The van der Waals surface area contributed by atoms with Crippen LogP contribution in [0.25, 0.3) is 0 Å². The Kier molecular flexibility index (Phi) is 3.15. The molecule has 0 aliphatic carbocycles. The summed E-state index contributed by atoms with van der Waals surface area (Å²) < 4.78 is 5.37. The van der Waals surface area contributed by atoms with Gasteiger partial charge in [0.05, 0.1) is 4.92 Å². The zero-order chi connectivity index (χ0) is 12.3. The lowest BCUT2D eigenvalue weighted by Crippen LogP contribution is -1.93. The normalized spacial score (nSPS) is 9.88. The number of rotatable bonds is 4. The second-order valence-corrected chi connectivity index (χ2v) is 4.04. The number of para-hydroxylation sites is 2. The second kappa shape index (κ2) is 4.75. The maximum absolute atomic E-state index is 10.8. The number of aldehydes is 1. The van der Waals surface area contributed by atoms with Crippen molar-refractivity contribution < 1.29 is 14.5 Å². The first-order valence-electron chi connectivity index (χ1n) is 4.66. The molecule has 2 aromatic rings. The molecule has 1 aromatic heterocycles. The van der Waals surface area contributed by atoms with Crippen LogP contribution in [-0.2, 0) is 0 Å². The summed E-state index contributed by atoms with van der Waals surface area (Å²) in [6.07, 6.45) is 0.661. The lowest BCUT2D eigenvalue weighted by Gasteiger charge is -2.04. The van der Waals surface area contributed by atoms with E-state index in [1.165, 1.54) is 23.5 Å². The third-order valence-electron chi connectivity index (χ3n) is 2.05. The molecule has 0 atom stereocenters. The SMILES string of the molecule is O=Cc1sccc1Oc1ccccc1[N+](=O)[O-]. The standard InChI is InChI=1S/C11H7NO4S/c13-7-11-10(5-6-17-11)16-9-4-2-1-3-8(9)12(14)15/h1-7H. The zero-order valence-electron chi connectivity index (χ0n) is 8.53. The third-order valence-corrected chi connectivity index (χ3v) is 2.87. The molecule has 86 valence electrons. The Morgan fingerprint density at radius 1 is 1.24 bits per heavy atom. The Morgan fingerprint density at radius 2 is 2.00 bits per heavy atom. The number of nitro groups is 1. The Morgan fingerprint density at radius 3 is 2.71 bits per heavy atom. The van der Waals surface area contributed by atoms with Gasteiger partial charge in [-0.3, -0.25) is 14.9 Å². The molecule has 0 saturated heterocycles. The maximum Gasteiger partial charge on any atom is 0.311 e. The highest BCUT2D eigenvalue weighted by atomic mass is 32.1. The highest BCUT2D eigenvalue weighted by Crippen LogP contribution is 2.33. The fraction of sp³-hybridized carbons (Fsp3) is 0. The summed E-state index contributed by atoms with van der Waals surface area (Å²) in [5, 5.41) is 12.5. The van der Waals surface area contributed by atoms with Gasteiger partial charge in [0.25, 0.3) is 0 Å². The molecule has 5 nitrogen and oxygen atoms in total. The fourth-order valence-corrected chi connectivity index (χ4v) is 1.91. The first kappa shape index (κ1) is 11.3. The van der Waals surface area contributed by atoms with Crippen molar-refractivity contribution in [2.75, 3.05) is 0 Å². The lowest BCUT2D eigenvalue weighted by atomic mass is 10.3. The quantitative estimate of drug-likeness (QED) is 0.473. The van der Waals surface area contributed by atoms with Gasteiger partial charge in [0.2, 0.25) is 5.75 Å². The van der Waals surface area contributed by atoms with Crippen molar-refractivity contribution in [2.45, 2.75) is 0 Å². The van der Waals surface area contributed by atoms with E-state index in [0.717, 1.165) is 0 Å². The van der Waals surface area contributed by atoms with E-state index in [9.17, 15) is 14.9 Å². The number of thiophene rings is 1. The average Bonchev–Trinajstić information content (AvgIpc) is 2.77. The van der Waals surface area contributed by atoms with Gasteiger partial charge in [-0.25, -0.2) is 0 Å². The molecule has 0 unspecified atom stereocenters. The van der Waals surface area contributed by atoms with Crippen LogP contribution in [0, 0.1) is 10.1 Å². The molecule has 0 spiro atoms. The molecule has 0 fully saturated rings. The smallest absolute Gasteiger partial charge is 0.311 e. The Labute approximate surface area is 100 Å². The van der Waals surface area contributed by atoms with Crippen LogP contribution in [0.1, 0.15) is 9.67 Å². The van der Waals surface area contributed by atoms with E-state index >= 15 is 0 Å². The van der Waals surface area contributed by atoms with Crippen LogP contribution in [0.15, 0.2) is 35.7 Å². The van der Waals surface area contributed by atoms with Crippen molar-refractivity contribution in [1.82, 2.24) is 0 Å². The number of carbonyl (C=O) groups is 1. The Balaban J connectivity index is 2.36. The molecule has 1 heterocycles. The number of hydrogen-bond acceptors (Lipinski definition) is 5. The molecular formula is C11H7NO4S. The van der Waals surface area contributed by atoms with Crippen LogP contribution in [0.5, 0.6) is 11.5 Å². The number of ether oxygens (including phenoxy) is 1. The molecule has 0 radical (unpaired) electrons. The fourth-order valence-electron chi connectivity index (χ4n) is 1.29. The van der Waals surface area contributed by atoms with Crippen LogP contribution in [0.2, 0.25) is 0 Å². The van der Waals surface area contributed by atoms with E-state index in [2.05, 4.69) is 0 Å². The summed E-state index contributed by atoms with van der Waals surface area (Å²) in [5.74, 6) is 0.457. The molecule has 2 rings (SSSR count). The van der Waals surface area contributed by atoms with Crippen LogP contribution in [0.4, 0.5) is 5.69 Å².